The van der Waals surface area contributed by atoms with E-state index in [1.54, 1.807) is 7.11 Å². The molecule has 2 heterocycles. The summed E-state index contributed by atoms with van der Waals surface area (Å²) < 4.78 is 7.43. The van der Waals surface area contributed by atoms with Gasteiger partial charge < -0.3 is 19.5 Å². The summed E-state index contributed by atoms with van der Waals surface area (Å²) in [5.41, 5.74) is 6.24. The topological polar surface area (TPSA) is 46.5 Å². The number of benzene rings is 3. The van der Waals surface area contributed by atoms with E-state index in [-0.39, 0.29) is 12.1 Å². The molecule has 4 aromatic rings. The Morgan fingerprint density at radius 3 is 2.56 bits per heavy atom. The second kappa shape index (κ2) is 8.27. The van der Waals surface area contributed by atoms with Crippen LogP contribution in [0.3, 0.4) is 0 Å². The van der Waals surface area contributed by atoms with Crippen molar-refractivity contribution in [3.05, 3.63) is 114 Å². The third kappa shape index (κ3) is 3.62. The number of methoxy groups -OCH3 is 1. The van der Waals surface area contributed by atoms with Crippen molar-refractivity contribution >= 4 is 11.7 Å². The number of nitrogens with one attached hydrogen (secondary N) is 1. The summed E-state index contributed by atoms with van der Waals surface area (Å²) in [6.45, 7) is 2.58. The van der Waals surface area contributed by atoms with Crippen molar-refractivity contribution in [1.29, 1.82) is 0 Å². The summed E-state index contributed by atoms with van der Waals surface area (Å²) in [4.78, 5) is 15.6. The maximum absolute atomic E-state index is 13.7. The quantitative estimate of drug-likeness (QED) is 0.444. The standard InChI is InChI=1S/C27H25N3O2/c1-19-7-5-9-20(17-19)26-25-11-6-16-29(25)24-10-4-3-8-21(24)18-30(26)27(31)28-22-12-14-23(32-2)15-13-22/h3-17,26H,18H2,1-2H3,(H,28,31)/t26-/m1/s1. The van der Waals surface area contributed by atoms with Crippen LogP contribution in [0.25, 0.3) is 5.69 Å². The third-order valence-corrected chi connectivity index (χ3v) is 5.92. The lowest BCUT2D eigenvalue weighted by molar-refractivity contribution is 0.194. The third-order valence-electron chi connectivity index (χ3n) is 5.92. The molecule has 1 aliphatic rings. The van der Waals surface area contributed by atoms with Crippen LogP contribution in [0.2, 0.25) is 0 Å². The maximum Gasteiger partial charge on any atom is 0.322 e. The minimum atomic E-state index is -0.226. The SMILES string of the molecule is COc1ccc(NC(=O)N2Cc3ccccc3-n3cccc3[C@H]2c2cccc(C)c2)cc1. The molecule has 0 unspecified atom stereocenters. The van der Waals surface area contributed by atoms with Gasteiger partial charge in [0.2, 0.25) is 0 Å². The molecule has 1 aliphatic heterocycles. The number of ether oxygens (including phenoxy) is 1. The molecule has 5 nitrogen and oxygen atoms in total. The molecule has 1 N–H and O–H groups in total. The Morgan fingerprint density at radius 1 is 0.969 bits per heavy atom. The number of aromatic nitrogens is 1. The predicted molar refractivity (Wildman–Crippen MR) is 126 cm³/mol. The first-order valence-electron chi connectivity index (χ1n) is 10.7. The zero-order valence-corrected chi connectivity index (χ0v) is 18.2. The second-order valence-corrected chi connectivity index (χ2v) is 8.03. The van der Waals surface area contributed by atoms with Gasteiger partial charge in [0, 0.05) is 17.6 Å². The van der Waals surface area contributed by atoms with Gasteiger partial charge in [0.05, 0.1) is 25.4 Å². The van der Waals surface area contributed by atoms with Crippen molar-refractivity contribution in [1.82, 2.24) is 9.47 Å². The van der Waals surface area contributed by atoms with Crippen molar-refractivity contribution in [2.75, 3.05) is 12.4 Å². The van der Waals surface area contributed by atoms with Crippen molar-refractivity contribution < 1.29 is 9.53 Å². The lowest BCUT2D eigenvalue weighted by atomic mass is 10.00. The molecule has 5 heteroatoms. The van der Waals surface area contributed by atoms with Gasteiger partial charge in [-0.2, -0.15) is 0 Å². The van der Waals surface area contributed by atoms with E-state index in [4.69, 9.17) is 4.74 Å². The van der Waals surface area contributed by atoms with Crippen LogP contribution in [0.5, 0.6) is 5.75 Å². The van der Waals surface area contributed by atoms with Gasteiger partial charge in [-0.15, -0.1) is 0 Å². The summed E-state index contributed by atoms with van der Waals surface area (Å²) >= 11 is 0. The number of amides is 2. The second-order valence-electron chi connectivity index (χ2n) is 8.03. The van der Waals surface area contributed by atoms with Crippen molar-refractivity contribution in [2.45, 2.75) is 19.5 Å². The molecular formula is C27H25N3O2. The van der Waals surface area contributed by atoms with E-state index in [1.165, 1.54) is 0 Å². The van der Waals surface area contributed by atoms with Gasteiger partial charge in [0.25, 0.3) is 0 Å². The first-order valence-corrected chi connectivity index (χ1v) is 10.7. The van der Waals surface area contributed by atoms with E-state index < -0.39 is 0 Å². The van der Waals surface area contributed by atoms with Crippen LogP contribution in [-0.4, -0.2) is 22.6 Å². The Morgan fingerprint density at radius 2 is 1.78 bits per heavy atom. The molecule has 0 radical (unpaired) electrons. The number of urea groups is 1. The maximum atomic E-state index is 13.7. The molecule has 0 fully saturated rings. The van der Waals surface area contributed by atoms with Gasteiger partial charge in [-0.3, -0.25) is 0 Å². The summed E-state index contributed by atoms with van der Waals surface area (Å²) in [5.74, 6) is 0.752. The Kier molecular flexibility index (Phi) is 5.15. The van der Waals surface area contributed by atoms with E-state index in [1.807, 2.05) is 47.4 Å². The van der Waals surface area contributed by atoms with Crippen LogP contribution in [0, 0.1) is 6.92 Å². The van der Waals surface area contributed by atoms with Crippen LogP contribution in [-0.2, 0) is 6.54 Å². The van der Waals surface area contributed by atoms with E-state index in [0.29, 0.717) is 6.54 Å². The molecule has 2 amide bonds. The molecule has 5 rings (SSSR count). The van der Waals surface area contributed by atoms with E-state index >= 15 is 0 Å². The highest BCUT2D eigenvalue weighted by Crippen LogP contribution is 2.37. The molecule has 0 saturated carbocycles. The number of fused-ring (bicyclic) bond motifs is 3. The van der Waals surface area contributed by atoms with Crippen LogP contribution in [0.15, 0.2) is 91.1 Å². The highest BCUT2D eigenvalue weighted by molar-refractivity contribution is 5.90. The smallest absolute Gasteiger partial charge is 0.322 e. The van der Waals surface area contributed by atoms with Gasteiger partial charge in [0.15, 0.2) is 0 Å². The summed E-state index contributed by atoms with van der Waals surface area (Å²) in [7, 11) is 1.63. The number of carbonyl (C=O) groups excluding carboxylic acids is 1. The van der Waals surface area contributed by atoms with Gasteiger partial charge in [-0.25, -0.2) is 4.79 Å². The highest BCUT2D eigenvalue weighted by atomic mass is 16.5. The average molecular weight is 424 g/mol. The van der Waals surface area contributed by atoms with Crippen molar-refractivity contribution in [3.63, 3.8) is 0 Å². The molecular weight excluding hydrogens is 398 g/mol. The number of para-hydroxylation sites is 1. The predicted octanol–water partition coefficient (Wildman–Crippen LogP) is 5.93. The van der Waals surface area contributed by atoms with Crippen LogP contribution >= 0.6 is 0 Å². The lowest BCUT2D eigenvalue weighted by Crippen LogP contribution is -2.37. The Labute approximate surface area is 187 Å². The fourth-order valence-electron chi connectivity index (χ4n) is 4.40. The van der Waals surface area contributed by atoms with Crippen LogP contribution in [0.1, 0.15) is 28.4 Å². The van der Waals surface area contributed by atoms with Gasteiger partial charge in [0.1, 0.15) is 5.75 Å². The molecule has 1 atom stereocenters. The largest absolute Gasteiger partial charge is 0.497 e. The first-order chi connectivity index (χ1) is 15.6. The van der Waals surface area contributed by atoms with Gasteiger partial charge >= 0.3 is 6.03 Å². The number of rotatable bonds is 3. The lowest BCUT2D eigenvalue weighted by Gasteiger charge is -2.31. The molecule has 160 valence electrons. The molecule has 0 bridgehead atoms. The number of anilines is 1. The molecule has 0 aliphatic carbocycles. The number of aryl methyl sites for hydroxylation is 1. The number of hydrogen-bond donors (Lipinski definition) is 1. The minimum Gasteiger partial charge on any atom is -0.497 e. The van der Waals surface area contributed by atoms with Crippen LogP contribution in [0.4, 0.5) is 10.5 Å². The molecule has 3 aromatic carbocycles. The van der Waals surface area contributed by atoms with Crippen molar-refractivity contribution in [2.24, 2.45) is 0 Å². The summed E-state index contributed by atoms with van der Waals surface area (Å²) in [6.07, 6.45) is 2.07. The van der Waals surface area contributed by atoms with Crippen LogP contribution < -0.4 is 10.1 Å². The monoisotopic (exact) mass is 423 g/mol. The zero-order chi connectivity index (χ0) is 22.1. The Balaban J connectivity index is 1.60. The van der Waals surface area contributed by atoms with Gasteiger partial charge in [-0.05, 0) is 60.5 Å². The van der Waals surface area contributed by atoms with Crippen molar-refractivity contribution in [3.8, 4) is 11.4 Å². The zero-order valence-electron chi connectivity index (χ0n) is 18.2. The first kappa shape index (κ1) is 19.9. The Bertz CT molecular complexity index is 1260. The molecule has 32 heavy (non-hydrogen) atoms. The minimum absolute atomic E-state index is 0.147. The molecule has 1 aromatic heterocycles. The number of carbonyl (C=O) groups is 1. The number of hydrogen-bond acceptors (Lipinski definition) is 2. The average Bonchev–Trinajstić information content (AvgIpc) is 3.23. The van der Waals surface area contributed by atoms with E-state index in [9.17, 15) is 4.79 Å². The molecule has 0 saturated heterocycles. The highest BCUT2D eigenvalue weighted by Gasteiger charge is 2.33. The normalized spacial score (nSPS) is 14.8. The van der Waals surface area contributed by atoms with E-state index in [2.05, 4.69) is 65.5 Å². The van der Waals surface area contributed by atoms with E-state index in [0.717, 1.165) is 39.5 Å². The summed E-state index contributed by atoms with van der Waals surface area (Å²) in [5, 5.41) is 3.08. The number of nitrogens with zero attached hydrogens (tertiary/aromatic N) is 2. The van der Waals surface area contributed by atoms with Gasteiger partial charge in [-0.1, -0.05) is 48.0 Å². The fraction of sp³-hybridized carbons (Fsp3) is 0.148. The Hall–Kier alpha value is -3.99. The fourth-order valence-corrected chi connectivity index (χ4v) is 4.40. The summed E-state index contributed by atoms with van der Waals surface area (Å²) in [6, 6.07) is 27.8. The molecule has 0 spiro atoms.